The van der Waals surface area contributed by atoms with Crippen LogP contribution in [0.15, 0.2) is 48.8 Å². The van der Waals surface area contributed by atoms with Crippen LogP contribution in [0.1, 0.15) is 37.3 Å². The Bertz CT molecular complexity index is 706. The molecule has 0 aliphatic rings. The molecule has 1 aromatic heterocycles. The van der Waals surface area contributed by atoms with E-state index in [1.54, 1.807) is 17.3 Å². The van der Waals surface area contributed by atoms with Crippen LogP contribution in [0.3, 0.4) is 0 Å². The van der Waals surface area contributed by atoms with Crippen molar-refractivity contribution in [1.29, 1.82) is 5.26 Å². The van der Waals surface area contributed by atoms with Crippen molar-refractivity contribution in [3.63, 3.8) is 0 Å². The Morgan fingerprint density at radius 2 is 2.04 bits per heavy atom. The van der Waals surface area contributed by atoms with Gasteiger partial charge in [0.05, 0.1) is 12.5 Å². The largest absolute Gasteiger partial charge is 0.484 e. The zero-order valence-electron chi connectivity index (χ0n) is 14.7. The van der Waals surface area contributed by atoms with Gasteiger partial charge in [-0.1, -0.05) is 32.0 Å². The fourth-order valence-corrected chi connectivity index (χ4v) is 2.37. The third-order valence-corrected chi connectivity index (χ3v) is 3.85. The van der Waals surface area contributed by atoms with E-state index >= 15 is 0 Å². The Morgan fingerprint density at radius 1 is 1.28 bits per heavy atom. The van der Waals surface area contributed by atoms with Gasteiger partial charge in [-0.25, -0.2) is 0 Å². The third kappa shape index (κ3) is 5.92. The molecule has 1 amide bonds. The summed E-state index contributed by atoms with van der Waals surface area (Å²) in [6, 6.07) is 13.6. The van der Waals surface area contributed by atoms with E-state index in [0.29, 0.717) is 24.8 Å². The quantitative estimate of drug-likeness (QED) is 0.739. The number of ether oxygens (including phenoxy) is 1. The van der Waals surface area contributed by atoms with Crippen molar-refractivity contribution in [2.24, 2.45) is 0 Å². The summed E-state index contributed by atoms with van der Waals surface area (Å²) in [6.45, 7) is 5.01. The van der Waals surface area contributed by atoms with Crippen LogP contribution in [0.4, 0.5) is 0 Å². The van der Waals surface area contributed by atoms with Gasteiger partial charge < -0.3 is 9.64 Å². The SMILES string of the molecule is CC(C)c1ccc(OCC(=O)N(CCC#N)Cc2cccnc2)cc1. The molecule has 5 heteroatoms. The predicted molar refractivity (Wildman–Crippen MR) is 95.9 cm³/mol. The molecule has 0 fully saturated rings. The van der Waals surface area contributed by atoms with Crippen molar-refractivity contribution in [1.82, 2.24) is 9.88 Å². The second kappa shape index (κ2) is 9.43. The first-order valence-electron chi connectivity index (χ1n) is 8.36. The first-order valence-corrected chi connectivity index (χ1v) is 8.36. The van der Waals surface area contributed by atoms with Gasteiger partial charge in [0.15, 0.2) is 6.61 Å². The Kier molecular flexibility index (Phi) is 6.97. The van der Waals surface area contributed by atoms with Gasteiger partial charge >= 0.3 is 0 Å². The van der Waals surface area contributed by atoms with E-state index in [4.69, 9.17) is 10.00 Å². The Hall–Kier alpha value is -2.87. The van der Waals surface area contributed by atoms with Gasteiger partial charge in [0.1, 0.15) is 5.75 Å². The molecule has 25 heavy (non-hydrogen) atoms. The van der Waals surface area contributed by atoms with Crippen LogP contribution < -0.4 is 4.74 Å². The van der Waals surface area contributed by atoms with Crippen molar-refractivity contribution < 1.29 is 9.53 Å². The number of nitriles is 1. The van der Waals surface area contributed by atoms with Crippen molar-refractivity contribution in [3.8, 4) is 11.8 Å². The first-order chi connectivity index (χ1) is 12.1. The predicted octanol–water partition coefficient (Wildman–Crippen LogP) is 3.53. The third-order valence-electron chi connectivity index (χ3n) is 3.85. The van der Waals surface area contributed by atoms with Crippen molar-refractivity contribution in [3.05, 3.63) is 59.9 Å². The van der Waals surface area contributed by atoms with Gasteiger partial charge in [-0.2, -0.15) is 5.26 Å². The van der Waals surface area contributed by atoms with Gasteiger partial charge in [0, 0.05) is 25.5 Å². The minimum atomic E-state index is -0.146. The average Bonchev–Trinajstić information content (AvgIpc) is 2.64. The molecule has 130 valence electrons. The molecule has 0 spiro atoms. The van der Waals surface area contributed by atoms with Crippen LogP contribution in [0, 0.1) is 11.3 Å². The number of hydrogen-bond donors (Lipinski definition) is 0. The number of carbonyl (C=O) groups is 1. The maximum absolute atomic E-state index is 12.5. The number of hydrogen-bond acceptors (Lipinski definition) is 4. The lowest BCUT2D eigenvalue weighted by molar-refractivity contribution is -0.133. The monoisotopic (exact) mass is 337 g/mol. The van der Waals surface area contributed by atoms with Crippen LogP contribution in [-0.2, 0) is 11.3 Å². The molecule has 1 heterocycles. The highest BCUT2D eigenvalue weighted by molar-refractivity contribution is 5.77. The average molecular weight is 337 g/mol. The highest BCUT2D eigenvalue weighted by Gasteiger charge is 2.15. The van der Waals surface area contributed by atoms with Gasteiger partial charge in [-0.3, -0.25) is 9.78 Å². The molecular weight excluding hydrogens is 314 g/mol. The van der Waals surface area contributed by atoms with E-state index < -0.39 is 0 Å². The molecule has 0 saturated carbocycles. The maximum Gasteiger partial charge on any atom is 0.260 e. The zero-order valence-corrected chi connectivity index (χ0v) is 14.7. The summed E-state index contributed by atoms with van der Waals surface area (Å²) in [5.41, 5.74) is 2.15. The number of carbonyl (C=O) groups excluding carboxylic acids is 1. The topological polar surface area (TPSA) is 66.2 Å². The molecule has 2 aromatic rings. The minimum absolute atomic E-state index is 0.0489. The summed E-state index contributed by atoms with van der Waals surface area (Å²) in [6.07, 6.45) is 3.70. The van der Waals surface area contributed by atoms with Gasteiger partial charge in [-0.15, -0.1) is 0 Å². The first kappa shape index (κ1) is 18.5. The lowest BCUT2D eigenvalue weighted by atomic mass is 10.0. The molecular formula is C20H23N3O2. The summed E-state index contributed by atoms with van der Waals surface area (Å²) in [4.78, 5) is 18.2. The second-order valence-corrected chi connectivity index (χ2v) is 6.10. The number of amides is 1. The molecule has 0 radical (unpaired) electrons. The highest BCUT2D eigenvalue weighted by atomic mass is 16.5. The fraction of sp³-hybridized carbons (Fsp3) is 0.350. The van der Waals surface area contributed by atoms with E-state index in [2.05, 4.69) is 24.9 Å². The zero-order chi connectivity index (χ0) is 18.1. The van der Waals surface area contributed by atoms with Crippen LogP contribution in [0.25, 0.3) is 0 Å². The van der Waals surface area contributed by atoms with Crippen molar-refractivity contribution in [2.75, 3.05) is 13.2 Å². The molecule has 5 nitrogen and oxygen atoms in total. The second-order valence-electron chi connectivity index (χ2n) is 6.10. The lowest BCUT2D eigenvalue weighted by Gasteiger charge is -2.21. The molecule has 2 rings (SSSR count). The Balaban J connectivity index is 1.95. The summed E-state index contributed by atoms with van der Waals surface area (Å²) >= 11 is 0. The molecule has 0 aliphatic carbocycles. The van der Waals surface area contributed by atoms with Gasteiger partial charge in [0.2, 0.25) is 0 Å². The molecule has 0 atom stereocenters. The van der Waals surface area contributed by atoms with E-state index in [-0.39, 0.29) is 18.9 Å². The summed E-state index contributed by atoms with van der Waals surface area (Å²) in [5, 5.41) is 8.81. The van der Waals surface area contributed by atoms with E-state index in [1.165, 1.54) is 5.56 Å². The molecule has 0 N–H and O–H groups in total. The smallest absolute Gasteiger partial charge is 0.260 e. The van der Waals surface area contributed by atoms with E-state index in [9.17, 15) is 4.79 Å². The Labute approximate surface area is 148 Å². The standard InChI is InChI=1S/C20H23N3O2/c1-16(2)18-6-8-19(9-7-18)25-15-20(24)23(12-4-10-21)14-17-5-3-11-22-13-17/h3,5-9,11,13,16H,4,12,14-15H2,1-2H3. The van der Waals surface area contributed by atoms with Crippen molar-refractivity contribution >= 4 is 5.91 Å². The minimum Gasteiger partial charge on any atom is -0.484 e. The molecule has 0 bridgehead atoms. The Morgan fingerprint density at radius 3 is 2.64 bits per heavy atom. The summed E-state index contributed by atoms with van der Waals surface area (Å²) in [7, 11) is 0. The molecule has 1 aromatic carbocycles. The highest BCUT2D eigenvalue weighted by Crippen LogP contribution is 2.18. The molecule has 0 saturated heterocycles. The van der Waals surface area contributed by atoms with E-state index in [0.717, 1.165) is 5.56 Å². The van der Waals surface area contributed by atoms with Gasteiger partial charge in [-0.05, 0) is 35.2 Å². The van der Waals surface area contributed by atoms with Crippen LogP contribution in [0.5, 0.6) is 5.75 Å². The van der Waals surface area contributed by atoms with Crippen LogP contribution in [-0.4, -0.2) is 28.9 Å². The number of nitrogens with zero attached hydrogens (tertiary/aromatic N) is 3. The number of rotatable bonds is 8. The number of benzene rings is 1. The lowest BCUT2D eigenvalue weighted by Crippen LogP contribution is -2.35. The fourth-order valence-electron chi connectivity index (χ4n) is 2.37. The van der Waals surface area contributed by atoms with Crippen molar-refractivity contribution in [2.45, 2.75) is 32.7 Å². The summed E-state index contributed by atoms with van der Waals surface area (Å²) in [5.74, 6) is 0.975. The molecule has 0 unspecified atom stereocenters. The maximum atomic E-state index is 12.5. The van der Waals surface area contributed by atoms with E-state index in [1.807, 2.05) is 36.4 Å². The molecule has 0 aliphatic heterocycles. The van der Waals surface area contributed by atoms with Crippen LogP contribution >= 0.6 is 0 Å². The normalized spacial score (nSPS) is 10.3. The number of aromatic nitrogens is 1. The summed E-state index contributed by atoms with van der Waals surface area (Å²) < 4.78 is 5.61. The number of pyridine rings is 1. The van der Waals surface area contributed by atoms with Gasteiger partial charge in [0.25, 0.3) is 5.91 Å². The van der Waals surface area contributed by atoms with Crippen LogP contribution in [0.2, 0.25) is 0 Å².